The highest BCUT2D eigenvalue weighted by Gasteiger charge is 2.22. The maximum absolute atomic E-state index is 11.8. The van der Waals surface area contributed by atoms with Gasteiger partial charge in [0.05, 0.1) is 24.2 Å². The van der Waals surface area contributed by atoms with Gasteiger partial charge in [0, 0.05) is 0 Å². The summed E-state index contributed by atoms with van der Waals surface area (Å²) in [5.74, 6) is -2.27. The van der Waals surface area contributed by atoms with Crippen LogP contribution in [0.2, 0.25) is 0 Å². The number of hydrogen-bond donors (Lipinski definition) is 7. The first-order chi connectivity index (χ1) is 16.1. The van der Waals surface area contributed by atoms with Crippen LogP contribution in [-0.4, -0.2) is 84.4 Å². The molecule has 14 heteroatoms. The summed E-state index contributed by atoms with van der Waals surface area (Å²) < 4.78 is 0. The Balaban J connectivity index is 0. The minimum absolute atomic E-state index is 0.406. The van der Waals surface area contributed by atoms with E-state index in [-0.39, 0.29) is 0 Å². The van der Waals surface area contributed by atoms with Gasteiger partial charge in [-0.3, -0.25) is 24.0 Å². The quantitative estimate of drug-likeness (QED) is 0.132. The molecular formula is C21H39N7O7. The van der Waals surface area contributed by atoms with Crippen molar-refractivity contribution < 1.29 is 33.6 Å². The zero-order valence-electron chi connectivity index (χ0n) is 21.2. The molecule has 7 atom stereocenters. The smallest absolute Gasteiger partial charge is 0.242 e. The second-order valence-corrected chi connectivity index (χ2v) is 8.13. The van der Waals surface area contributed by atoms with Gasteiger partial charge in [-0.1, -0.05) is 0 Å². The summed E-state index contributed by atoms with van der Waals surface area (Å²) >= 11 is 0. The molecule has 0 radical (unpaired) electrons. The molecule has 0 aliphatic heterocycles. The lowest BCUT2D eigenvalue weighted by Crippen LogP contribution is -2.54. The van der Waals surface area contributed by atoms with Gasteiger partial charge >= 0.3 is 0 Å². The Kier molecular flexibility index (Phi) is 16.5. The third kappa shape index (κ3) is 15.2. The van der Waals surface area contributed by atoms with Crippen molar-refractivity contribution in [3.05, 3.63) is 0 Å². The van der Waals surface area contributed by atoms with E-state index >= 15 is 0 Å². The highest BCUT2D eigenvalue weighted by Crippen LogP contribution is 1.90. The molecule has 0 aromatic rings. The van der Waals surface area contributed by atoms with Crippen LogP contribution in [0.15, 0.2) is 0 Å². The van der Waals surface area contributed by atoms with Crippen LogP contribution >= 0.6 is 0 Å². The van der Waals surface area contributed by atoms with Crippen LogP contribution in [0.4, 0.5) is 0 Å². The second-order valence-electron chi connectivity index (χ2n) is 8.13. The number of hydrogen-bond acceptors (Lipinski definition) is 9. The van der Waals surface area contributed by atoms with Gasteiger partial charge in [-0.2, -0.15) is 0 Å². The van der Waals surface area contributed by atoms with E-state index in [0.717, 1.165) is 0 Å². The molecule has 200 valence electrons. The Bertz CT molecular complexity index is 758. The molecule has 0 aliphatic rings. The van der Waals surface area contributed by atoms with Crippen LogP contribution in [0.25, 0.3) is 0 Å². The second kappa shape index (κ2) is 17.1. The molecule has 0 unspecified atom stereocenters. The number of carbonyl (C=O) groups is 7. The van der Waals surface area contributed by atoms with Gasteiger partial charge in [-0.25, -0.2) is 0 Å². The van der Waals surface area contributed by atoms with Crippen molar-refractivity contribution >= 4 is 42.1 Å². The molecule has 0 aromatic carbocycles. The molecule has 0 bridgehead atoms. The molecule has 0 heterocycles. The van der Waals surface area contributed by atoms with E-state index in [1.807, 2.05) is 0 Å². The van der Waals surface area contributed by atoms with Crippen LogP contribution in [0.3, 0.4) is 0 Å². The number of carbonyl (C=O) groups excluding carboxylic acids is 7. The lowest BCUT2D eigenvalue weighted by Gasteiger charge is -2.19. The predicted molar refractivity (Wildman–Crippen MR) is 127 cm³/mol. The van der Waals surface area contributed by atoms with E-state index in [2.05, 4.69) is 26.6 Å². The van der Waals surface area contributed by atoms with E-state index < -0.39 is 71.8 Å². The summed E-state index contributed by atoms with van der Waals surface area (Å²) in [6.07, 6.45) is 1.19. The van der Waals surface area contributed by atoms with Gasteiger partial charge in [-0.15, -0.1) is 0 Å². The number of aldehydes is 2. The highest BCUT2D eigenvalue weighted by atomic mass is 16.2. The fourth-order valence-electron chi connectivity index (χ4n) is 1.99. The minimum Gasteiger partial charge on any atom is -0.345 e. The summed E-state index contributed by atoms with van der Waals surface area (Å²) in [7, 11) is 0. The van der Waals surface area contributed by atoms with Crippen molar-refractivity contribution in [1.82, 2.24) is 26.6 Å². The van der Waals surface area contributed by atoms with Crippen LogP contribution in [-0.2, 0) is 33.6 Å². The van der Waals surface area contributed by atoms with Crippen molar-refractivity contribution in [2.45, 2.75) is 90.8 Å². The molecule has 35 heavy (non-hydrogen) atoms. The first kappa shape index (κ1) is 33.8. The number of amides is 5. The van der Waals surface area contributed by atoms with Crippen LogP contribution in [0.5, 0.6) is 0 Å². The Hall–Kier alpha value is -3.39. The molecule has 0 saturated heterocycles. The molecule has 0 aliphatic carbocycles. The fraction of sp³-hybridized carbons (Fsp3) is 0.667. The summed E-state index contributed by atoms with van der Waals surface area (Å²) in [5, 5.41) is 12.1. The predicted octanol–water partition coefficient (Wildman–Crippen LogP) is -3.41. The molecule has 0 rings (SSSR count). The van der Waals surface area contributed by atoms with Gasteiger partial charge in [0.1, 0.15) is 30.7 Å². The number of rotatable bonds is 12. The Labute approximate surface area is 205 Å². The Morgan fingerprint density at radius 3 is 0.943 bits per heavy atom. The standard InChI is InChI=1S/C12H22N4O4.C9H17N3O3/c1-6(5-17)14-11(19)8(3)16-12(20)9(4)15-10(18)7(2)13;1-5(4-13)11-9(15)7(3)12-8(14)6(2)10/h5-9H,13H2,1-4H3,(H,14,19)(H,15,18)(H,16,20);4-7H,10H2,1-3H3,(H,11,15)(H,12,14)/t6-,7-,8-,9-;5-,6-,7-/m00/s1. The third-order valence-corrected chi connectivity index (χ3v) is 4.23. The van der Waals surface area contributed by atoms with Crippen molar-refractivity contribution in [3.8, 4) is 0 Å². The SMILES string of the molecule is C[C@H](N)C(=O)N[C@@H](C)C(=O)N[C@@H](C)C(=O)N[C@@H](C)C=O.C[C@H](N)C(=O)N[C@@H](C)C(=O)N[C@@H](C)C=O. The van der Waals surface area contributed by atoms with Crippen molar-refractivity contribution in [3.63, 3.8) is 0 Å². The third-order valence-electron chi connectivity index (χ3n) is 4.23. The van der Waals surface area contributed by atoms with Crippen LogP contribution in [0.1, 0.15) is 48.5 Å². The van der Waals surface area contributed by atoms with E-state index in [4.69, 9.17) is 11.5 Å². The average molecular weight is 502 g/mol. The van der Waals surface area contributed by atoms with Crippen LogP contribution < -0.4 is 38.1 Å². The summed E-state index contributed by atoms with van der Waals surface area (Å²) in [5.41, 5.74) is 10.7. The number of nitrogens with two attached hydrogens (primary N) is 2. The lowest BCUT2D eigenvalue weighted by atomic mass is 10.2. The van der Waals surface area contributed by atoms with Gasteiger partial charge in [0.25, 0.3) is 0 Å². The minimum atomic E-state index is -0.820. The summed E-state index contributed by atoms with van der Waals surface area (Å²) in [6.45, 7) is 10.6. The normalized spacial score (nSPS) is 16.1. The molecule has 14 nitrogen and oxygen atoms in total. The monoisotopic (exact) mass is 501 g/mol. The Morgan fingerprint density at radius 1 is 0.486 bits per heavy atom. The highest BCUT2D eigenvalue weighted by molar-refractivity contribution is 5.93. The molecule has 0 aromatic heterocycles. The zero-order chi connectivity index (χ0) is 27.9. The van der Waals surface area contributed by atoms with Crippen molar-refractivity contribution in [2.24, 2.45) is 11.5 Å². The van der Waals surface area contributed by atoms with Gasteiger partial charge in [0.15, 0.2) is 0 Å². The van der Waals surface area contributed by atoms with Gasteiger partial charge in [-0.05, 0) is 48.5 Å². The van der Waals surface area contributed by atoms with Crippen molar-refractivity contribution in [2.75, 3.05) is 0 Å². The van der Waals surface area contributed by atoms with E-state index in [0.29, 0.717) is 12.6 Å². The van der Waals surface area contributed by atoms with Crippen LogP contribution in [0, 0.1) is 0 Å². The molecule has 5 amide bonds. The fourth-order valence-corrected chi connectivity index (χ4v) is 1.99. The molecule has 0 saturated carbocycles. The zero-order valence-corrected chi connectivity index (χ0v) is 21.2. The first-order valence-corrected chi connectivity index (χ1v) is 11.0. The molecule has 9 N–H and O–H groups in total. The van der Waals surface area contributed by atoms with Crippen molar-refractivity contribution in [1.29, 1.82) is 0 Å². The topological polar surface area (TPSA) is 232 Å². The molecule has 0 spiro atoms. The molecule has 0 fully saturated rings. The van der Waals surface area contributed by atoms with Gasteiger partial charge in [0.2, 0.25) is 29.5 Å². The van der Waals surface area contributed by atoms with E-state index in [1.165, 1.54) is 41.5 Å². The molecular weight excluding hydrogens is 462 g/mol. The first-order valence-electron chi connectivity index (χ1n) is 11.0. The lowest BCUT2D eigenvalue weighted by molar-refractivity contribution is -0.132. The van der Waals surface area contributed by atoms with E-state index in [9.17, 15) is 33.6 Å². The average Bonchev–Trinajstić information content (AvgIpc) is 2.78. The van der Waals surface area contributed by atoms with E-state index in [1.54, 1.807) is 6.92 Å². The maximum atomic E-state index is 11.8. The largest absolute Gasteiger partial charge is 0.345 e. The Morgan fingerprint density at radius 2 is 0.714 bits per heavy atom. The van der Waals surface area contributed by atoms with Gasteiger partial charge < -0.3 is 47.6 Å². The maximum Gasteiger partial charge on any atom is 0.242 e. The summed E-state index contributed by atoms with van der Waals surface area (Å²) in [6, 6.07) is -4.91. The summed E-state index contributed by atoms with van der Waals surface area (Å²) in [4.78, 5) is 77.9. The number of nitrogens with one attached hydrogen (secondary N) is 5.